The fourth-order valence-electron chi connectivity index (χ4n) is 3.03. The van der Waals surface area contributed by atoms with Crippen LogP contribution in [0.1, 0.15) is 17.5 Å². The third kappa shape index (κ3) is 6.30. The maximum Gasteiger partial charge on any atom is 0.312 e. The molecular formula is C18H28N4O4S. The molecule has 1 atom stereocenters. The highest BCUT2D eigenvalue weighted by atomic mass is 32.2. The van der Waals surface area contributed by atoms with Crippen LogP contribution in [0.4, 0.5) is 0 Å². The molecule has 2 rings (SSSR count). The molecule has 27 heavy (non-hydrogen) atoms. The van der Waals surface area contributed by atoms with Gasteiger partial charge in [0.2, 0.25) is 0 Å². The lowest BCUT2D eigenvalue weighted by molar-refractivity contribution is -0.147. The molecule has 0 spiro atoms. The Kier molecular flexibility index (Phi) is 7.34. The zero-order valence-corrected chi connectivity index (χ0v) is 16.7. The van der Waals surface area contributed by atoms with Crippen molar-refractivity contribution in [1.82, 2.24) is 15.1 Å². The number of hydrogen-bond donors (Lipinski definition) is 2. The monoisotopic (exact) mass is 396 g/mol. The average molecular weight is 397 g/mol. The minimum absolute atomic E-state index is 0.0525. The molecule has 150 valence electrons. The third-order valence-electron chi connectivity index (χ3n) is 4.57. The molecule has 8 nitrogen and oxygen atoms in total. The van der Waals surface area contributed by atoms with Crippen molar-refractivity contribution in [3.63, 3.8) is 0 Å². The second-order valence-electron chi connectivity index (χ2n) is 7.07. The van der Waals surface area contributed by atoms with Gasteiger partial charge in [-0.25, -0.2) is 8.42 Å². The van der Waals surface area contributed by atoms with Crippen LogP contribution in [0, 0.1) is 0 Å². The van der Waals surface area contributed by atoms with Crippen molar-refractivity contribution in [2.75, 3.05) is 38.7 Å². The molecule has 1 aliphatic rings. The van der Waals surface area contributed by atoms with E-state index in [2.05, 4.69) is 5.32 Å². The molecule has 1 aromatic rings. The van der Waals surface area contributed by atoms with Gasteiger partial charge in [0.1, 0.15) is 0 Å². The lowest BCUT2D eigenvalue weighted by atomic mass is 10.1. The molecule has 1 unspecified atom stereocenters. The van der Waals surface area contributed by atoms with Crippen LogP contribution in [0.5, 0.6) is 0 Å². The second kappa shape index (κ2) is 9.29. The van der Waals surface area contributed by atoms with Crippen LogP contribution in [-0.4, -0.2) is 74.8 Å². The Morgan fingerprint density at radius 3 is 2.52 bits per heavy atom. The van der Waals surface area contributed by atoms with E-state index in [4.69, 9.17) is 5.73 Å². The van der Waals surface area contributed by atoms with Crippen molar-refractivity contribution in [2.45, 2.75) is 25.6 Å². The Morgan fingerprint density at radius 2 is 1.93 bits per heavy atom. The highest BCUT2D eigenvalue weighted by Gasteiger charge is 2.36. The van der Waals surface area contributed by atoms with Crippen molar-refractivity contribution in [1.29, 1.82) is 0 Å². The molecule has 1 aromatic carbocycles. The first kappa shape index (κ1) is 21.3. The van der Waals surface area contributed by atoms with Gasteiger partial charge in [0.15, 0.2) is 9.84 Å². The Labute approximate surface area is 160 Å². The molecule has 1 fully saturated rings. The molecule has 1 heterocycles. The normalized spacial score (nSPS) is 18.4. The maximum atomic E-state index is 12.7. The standard InChI is InChI=1S/C18H28N4O4S/c1-21(2)7-8-22(16-6-9-27(25,26)13-16)18(24)17(23)20-12-15-5-3-4-14(10-15)11-19/h3-5,10,16H,6-9,11-13,19H2,1-2H3,(H,20,23). The largest absolute Gasteiger partial charge is 0.344 e. The number of rotatable bonds is 7. The van der Waals surface area contributed by atoms with E-state index in [0.717, 1.165) is 11.1 Å². The zero-order chi connectivity index (χ0) is 20.0. The van der Waals surface area contributed by atoms with Crippen LogP contribution in [0.15, 0.2) is 24.3 Å². The van der Waals surface area contributed by atoms with E-state index in [1.807, 2.05) is 43.3 Å². The molecule has 3 N–H and O–H groups in total. The lowest BCUT2D eigenvalue weighted by Crippen LogP contribution is -2.50. The Balaban J connectivity index is 2.03. The summed E-state index contributed by atoms with van der Waals surface area (Å²) in [5, 5.41) is 2.63. The number of carbonyl (C=O) groups is 2. The molecule has 0 bridgehead atoms. The summed E-state index contributed by atoms with van der Waals surface area (Å²) in [5.41, 5.74) is 7.40. The summed E-state index contributed by atoms with van der Waals surface area (Å²) < 4.78 is 23.6. The van der Waals surface area contributed by atoms with E-state index >= 15 is 0 Å². The zero-order valence-electron chi connectivity index (χ0n) is 15.8. The van der Waals surface area contributed by atoms with Gasteiger partial charge in [0.25, 0.3) is 0 Å². The second-order valence-corrected chi connectivity index (χ2v) is 9.29. The van der Waals surface area contributed by atoms with Crippen molar-refractivity contribution in [2.24, 2.45) is 5.73 Å². The Bertz CT molecular complexity index is 779. The number of hydrogen-bond acceptors (Lipinski definition) is 6. The summed E-state index contributed by atoms with van der Waals surface area (Å²) in [6.07, 6.45) is 0.368. The molecule has 9 heteroatoms. The summed E-state index contributed by atoms with van der Waals surface area (Å²) >= 11 is 0. The average Bonchev–Trinajstić information content (AvgIpc) is 2.99. The molecule has 0 aromatic heterocycles. The summed E-state index contributed by atoms with van der Waals surface area (Å²) in [6.45, 7) is 1.47. The van der Waals surface area contributed by atoms with E-state index in [0.29, 0.717) is 26.1 Å². The number of benzene rings is 1. The molecule has 0 saturated carbocycles. The quantitative estimate of drug-likeness (QED) is 0.592. The van der Waals surface area contributed by atoms with Crippen LogP contribution in [0.2, 0.25) is 0 Å². The van der Waals surface area contributed by atoms with E-state index < -0.39 is 27.7 Å². The SMILES string of the molecule is CN(C)CCN(C(=O)C(=O)NCc1cccc(CN)c1)C1CCS(=O)(=O)C1. The third-order valence-corrected chi connectivity index (χ3v) is 6.32. The van der Waals surface area contributed by atoms with Crippen molar-refractivity contribution < 1.29 is 18.0 Å². The highest BCUT2D eigenvalue weighted by Crippen LogP contribution is 2.18. The first-order chi connectivity index (χ1) is 12.7. The van der Waals surface area contributed by atoms with E-state index in [1.54, 1.807) is 0 Å². The molecule has 0 aliphatic carbocycles. The lowest BCUT2D eigenvalue weighted by Gasteiger charge is -2.28. The summed E-state index contributed by atoms with van der Waals surface area (Å²) in [5.74, 6) is -1.44. The first-order valence-electron chi connectivity index (χ1n) is 8.93. The Hall–Kier alpha value is -1.97. The molecule has 0 radical (unpaired) electrons. The number of nitrogens with zero attached hydrogens (tertiary/aromatic N) is 2. The van der Waals surface area contributed by atoms with Gasteiger partial charge >= 0.3 is 11.8 Å². The number of sulfone groups is 1. The number of nitrogens with one attached hydrogen (secondary N) is 1. The van der Waals surface area contributed by atoms with Gasteiger partial charge in [-0.2, -0.15) is 0 Å². The Morgan fingerprint density at radius 1 is 1.22 bits per heavy atom. The van der Waals surface area contributed by atoms with Crippen LogP contribution >= 0.6 is 0 Å². The van der Waals surface area contributed by atoms with E-state index in [-0.39, 0.29) is 18.1 Å². The molecular weight excluding hydrogens is 368 g/mol. The maximum absolute atomic E-state index is 12.7. The number of amides is 2. The van der Waals surface area contributed by atoms with Crippen molar-refractivity contribution >= 4 is 21.7 Å². The van der Waals surface area contributed by atoms with Gasteiger partial charge in [-0.05, 0) is 31.6 Å². The van der Waals surface area contributed by atoms with E-state index in [1.165, 1.54) is 4.90 Å². The van der Waals surface area contributed by atoms with Gasteiger partial charge in [-0.15, -0.1) is 0 Å². The highest BCUT2D eigenvalue weighted by molar-refractivity contribution is 7.91. The fraction of sp³-hybridized carbons (Fsp3) is 0.556. The predicted octanol–water partition coefficient (Wildman–Crippen LogP) is -0.661. The molecule has 2 amide bonds. The fourth-order valence-corrected chi connectivity index (χ4v) is 4.76. The summed E-state index contributed by atoms with van der Waals surface area (Å²) in [7, 11) is 0.567. The first-order valence-corrected chi connectivity index (χ1v) is 10.8. The van der Waals surface area contributed by atoms with Gasteiger partial charge in [-0.3, -0.25) is 9.59 Å². The summed E-state index contributed by atoms with van der Waals surface area (Å²) in [6, 6.07) is 7.00. The van der Waals surface area contributed by atoms with Crippen LogP contribution < -0.4 is 11.1 Å². The van der Waals surface area contributed by atoms with Crippen LogP contribution in [-0.2, 0) is 32.5 Å². The minimum Gasteiger partial charge on any atom is -0.344 e. The number of likely N-dealkylation sites (N-methyl/N-ethyl adjacent to an activating group) is 1. The smallest absolute Gasteiger partial charge is 0.312 e. The van der Waals surface area contributed by atoms with Crippen molar-refractivity contribution in [3.05, 3.63) is 35.4 Å². The molecule has 1 aliphatic heterocycles. The van der Waals surface area contributed by atoms with Gasteiger partial charge in [0.05, 0.1) is 11.5 Å². The van der Waals surface area contributed by atoms with E-state index in [9.17, 15) is 18.0 Å². The van der Waals surface area contributed by atoms with Crippen LogP contribution in [0.3, 0.4) is 0 Å². The molecule has 1 saturated heterocycles. The number of nitrogens with two attached hydrogens (primary N) is 1. The summed E-state index contributed by atoms with van der Waals surface area (Å²) in [4.78, 5) is 28.4. The number of carbonyl (C=O) groups excluding carboxylic acids is 2. The topological polar surface area (TPSA) is 113 Å². The van der Waals surface area contributed by atoms with Crippen LogP contribution in [0.25, 0.3) is 0 Å². The van der Waals surface area contributed by atoms with Gasteiger partial charge < -0.3 is 20.9 Å². The minimum atomic E-state index is -3.15. The van der Waals surface area contributed by atoms with Gasteiger partial charge in [-0.1, -0.05) is 24.3 Å². The van der Waals surface area contributed by atoms with Gasteiger partial charge in [0, 0.05) is 32.2 Å². The van der Waals surface area contributed by atoms with Crippen molar-refractivity contribution in [3.8, 4) is 0 Å². The predicted molar refractivity (Wildman–Crippen MR) is 104 cm³/mol.